The number of ether oxygens (including phenoxy) is 1. The SMILES string of the molecule is CCOc1ccc(N2C[C@H](C(=O)Nc3cccc(C)c3C)CC2=O)cc1. The molecule has 5 nitrogen and oxygen atoms in total. The van der Waals surface area contributed by atoms with E-state index in [0.717, 1.165) is 28.3 Å². The Hall–Kier alpha value is -2.82. The maximum Gasteiger partial charge on any atom is 0.229 e. The quantitative estimate of drug-likeness (QED) is 0.893. The zero-order valence-corrected chi connectivity index (χ0v) is 15.4. The second-order valence-corrected chi connectivity index (χ2v) is 6.57. The van der Waals surface area contributed by atoms with E-state index in [1.165, 1.54) is 0 Å². The smallest absolute Gasteiger partial charge is 0.229 e. The molecule has 1 aliphatic heterocycles. The second kappa shape index (κ2) is 7.60. The van der Waals surface area contributed by atoms with Gasteiger partial charge in [-0.05, 0) is 62.2 Å². The van der Waals surface area contributed by atoms with Gasteiger partial charge in [0.2, 0.25) is 11.8 Å². The molecule has 2 aromatic rings. The molecule has 0 bridgehead atoms. The van der Waals surface area contributed by atoms with Crippen LogP contribution in [0.5, 0.6) is 5.75 Å². The minimum absolute atomic E-state index is 0.0322. The summed E-state index contributed by atoms with van der Waals surface area (Å²) < 4.78 is 5.43. The summed E-state index contributed by atoms with van der Waals surface area (Å²) in [7, 11) is 0. The number of benzene rings is 2. The molecular formula is C21H24N2O3. The topological polar surface area (TPSA) is 58.6 Å². The zero-order chi connectivity index (χ0) is 18.7. The predicted molar refractivity (Wildman–Crippen MR) is 103 cm³/mol. The Morgan fingerprint density at radius 1 is 1.19 bits per heavy atom. The van der Waals surface area contributed by atoms with Crippen molar-refractivity contribution in [3.05, 3.63) is 53.6 Å². The van der Waals surface area contributed by atoms with Crippen LogP contribution in [-0.4, -0.2) is 25.0 Å². The predicted octanol–water partition coefficient (Wildman–Crippen LogP) is 3.69. The lowest BCUT2D eigenvalue weighted by Crippen LogP contribution is -2.28. The van der Waals surface area contributed by atoms with Gasteiger partial charge in [-0.1, -0.05) is 12.1 Å². The second-order valence-electron chi connectivity index (χ2n) is 6.57. The number of hydrogen-bond donors (Lipinski definition) is 1. The summed E-state index contributed by atoms with van der Waals surface area (Å²) in [5.41, 5.74) is 3.78. The molecule has 136 valence electrons. The molecule has 1 fully saturated rings. The van der Waals surface area contributed by atoms with Crippen LogP contribution in [0.3, 0.4) is 0 Å². The van der Waals surface area contributed by atoms with Gasteiger partial charge in [0.05, 0.1) is 12.5 Å². The minimum Gasteiger partial charge on any atom is -0.494 e. The summed E-state index contributed by atoms with van der Waals surface area (Å²) >= 11 is 0. The van der Waals surface area contributed by atoms with Crippen LogP contribution in [0.2, 0.25) is 0 Å². The van der Waals surface area contributed by atoms with Gasteiger partial charge in [-0.25, -0.2) is 0 Å². The highest BCUT2D eigenvalue weighted by Gasteiger charge is 2.35. The number of amides is 2. The first kappa shape index (κ1) is 18.0. The van der Waals surface area contributed by atoms with E-state index in [4.69, 9.17) is 4.74 Å². The Morgan fingerprint density at radius 3 is 2.62 bits per heavy atom. The molecule has 0 aromatic heterocycles. The molecule has 1 atom stereocenters. The minimum atomic E-state index is -0.353. The maximum atomic E-state index is 12.6. The normalized spacial score (nSPS) is 16.7. The van der Waals surface area contributed by atoms with E-state index in [0.29, 0.717) is 13.2 Å². The lowest BCUT2D eigenvalue weighted by molar-refractivity contribution is -0.122. The van der Waals surface area contributed by atoms with Crippen molar-refractivity contribution in [2.45, 2.75) is 27.2 Å². The monoisotopic (exact) mass is 352 g/mol. The number of carbonyl (C=O) groups excluding carboxylic acids is 2. The molecule has 2 aromatic carbocycles. The average molecular weight is 352 g/mol. The third-order valence-corrected chi connectivity index (χ3v) is 4.82. The van der Waals surface area contributed by atoms with Crippen molar-refractivity contribution >= 4 is 23.2 Å². The van der Waals surface area contributed by atoms with Crippen molar-refractivity contribution < 1.29 is 14.3 Å². The van der Waals surface area contributed by atoms with Crippen LogP contribution in [0.25, 0.3) is 0 Å². The van der Waals surface area contributed by atoms with Crippen molar-refractivity contribution in [2.24, 2.45) is 5.92 Å². The van der Waals surface area contributed by atoms with Gasteiger partial charge in [0.25, 0.3) is 0 Å². The van der Waals surface area contributed by atoms with E-state index < -0.39 is 0 Å². The fraction of sp³-hybridized carbons (Fsp3) is 0.333. The van der Waals surface area contributed by atoms with Gasteiger partial charge in [-0.3, -0.25) is 9.59 Å². The third-order valence-electron chi connectivity index (χ3n) is 4.82. The largest absolute Gasteiger partial charge is 0.494 e. The van der Waals surface area contributed by atoms with Gasteiger partial charge in [-0.2, -0.15) is 0 Å². The molecular weight excluding hydrogens is 328 g/mol. The third kappa shape index (κ3) is 3.72. The molecule has 1 N–H and O–H groups in total. The lowest BCUT2D eigenvalue weighted by Gasteiger charge is -2.17. The number of nitrogens with one attached hydrogen (secondary N) is 1. The number of anilines is 2. The maximum absolute atomic E-state index is 12.6. The highest BCUT2D eigenvalue weighted by molar-refractivity contribution is 6.03. The highest BCUT2D eigenvalue weighted by atomic mass is 16.5. The van der Waals surface area contributed by atoms with Gasteiger partial charge in [0.15, 0.2) is 0 Å². The van der Waals surface area contributed by atoms with Crippen LogP contribution in [0.1, 0.15) is 24.5 Å². The van der Waals surface area contributed by atoms with E-state index in [1.807, 2.05) is 63.2 Å². The van der Waals surface area contributed by atoms with Gasteiger partial charge in [0, 0.05) is 24.3 Å². The van der Waals surface area contributed by atoms with E-state index in [1.54, 1.807) is 4.90 Å². The van der Waals surface area contributed by atoms with Gasteiger partial charge >= 0.3 is 0 Å². The van der Waals surface area contributed by atoms with E-state index in [9.17, 15) is 9.59 Å². The van der Waals surface area contributed by atoms with Crippen LogP contribution < -0.4 is 15.0 Å². The average Bonchev–Trinajstić information content (AvgIpc) is 3.02. The van der Waals surface area contributed by atoms with Crippen LogP contribution in [-0.2, 0) is 9.59 Å². The van der Waals surface area contributed by atoms with Crippen molar-refractivity contribution in [3.8, 4) is 5.75 Å². The molecule has 1 saturated heterocycles. The summed E-state index contributed by atoms with van der Waals surface area (Å²) in [5, 5.41) is 2.97. The molecule has 3 rings (SSSR count). The zero-order valence-electron chi connectivity index (χ0n) is 15.4. The molecule has 1 aliphatic rings. The first-order valence-corrected chi connectivity index (χ1v) is 8.90. The van der Waals surface area contributed by atoms with Gasteiger partial charge in [0.1, 0.15) is 5.75 Å². The molecule has 0 radical (unpaired) electrons. The molecule has 1 heterocycles. The first-order chi connectivity index (χ1) is 12.5. The molecule has 5 heteroatoms. The van der Waals surface area contributed by atoms with Crippen LogP contribution in [0.4, 0.5) is 11.4 Å². The highest BCUT2D eigenvalue weighted by Crippen LogP contribution is 2.28. The fourth-order valence-electron chi connectivity index (χ4n) is 3.14. The Morgan fingerprint density at radius 2 is 1.92 bits per heavy atom. The molecule has 0 aliphatic carbocycles. The Bertz CT molecular complexity index is 815. The fourth-order valence-corrected chi connectivity index (χ4v) is 3.14. The van der Waals surface area contributed by atoms with E-state index >= 15 is 0 Å². The summed E-state index contributed by atoms with van der Waals surface area (Å²) in [6.45, 7) is 6.91. The van der Waals surface area contributed by atoms with E-state index in [-0.39, 0.29) is 24.2 Å². The van der Waals surface area contributed by atoms with Crippen LogP contribution in [0.15, 0.2) is 42.5 Å². The van der Waals surface area contributed by atoms with Crippen LogP contribution >= 0.6 is 0 Å². The summed E-state index contributed by atoms with van der Waals surface area (Å²) in [6.07, 6.45) is 0.226. The van der Waals surface area contributed by atoms with Crippen molar-refractivity contribution in [1.82, 2.24) is 0 Å². The summed E-state index contributed by atoms with van der Waals surface area (Å²) in [6, 6.07) is 13.2. The molecule has 0 saturated carbocycles. The molecule has 0 unspecified atom stereocenters. The number of nitrogens with zero attached hydrogens (tertiary/aromatic N) is 1. The number of carbonyl (C=O) groups is 2. The Kier molecular flexibility index (Phi) is 5.26. The number of hydrogen-bond acceptors (Lipinski definition) is 3. The van der Waals surface area contributed by atoms with Gasteiger partial charge in [-0.15, -0.1) is 0 Å². The standard InChI is InChI=1S/C21H24N2O3/c1-4-26-18-10-8-17(9-11-18)23-13-16(12-20(23)24)21(25)22-19-7-5-6-14(2)15(19)3/h5-11,16H,4,12-13H2,1-3H3,(H,22,25)/t16-/m1/s1. The van der Waals surface area contributed by atoms with Crippen molar-refractivity contribution in [2.75, 3.05) is 23.4 Å². The van der Waals surface area contributed by atoms with E-state index in [2.05, 4.69) is 5.32 Å². The number of aryl methyl sites for hydroxylation is 1. The molecule has 26 heavy (non-hydrogen) atoms. The first-order valence-electron chi connectivity index (χ1n) is 8.90. The van der Waals surface area contributed by atoms with Crippen molar-refractivity contribution in [3.63, 3.8) is 0 Å². The summed E-state index contributed by atoms with van der Waals surface area (Å²) in [4.78, 5) is 26.7. The Labute approximate surface area is 154 Å². The molecule has 2 amide bonds. The van der Waals surface area contributed by atoms with Crippen molar-refractivity contribution in [1.29, 1.82) is 0 Å². The number of rotatable bonds is 5. The Balaban J connectivity index is 1.68. The summed E-state index contributed by atoms with van der Waals surface area (Å²) in [5.74, 6) is 0.275. The van der Waals surface area contributed by atoms with Gasteiger partial charge < -0.3 is 15.0 Å². The lowest BCUT2D eigenvalue weighted by atomic mass is 10.1. The van der Waals surface area contributed by atoms with Crippen LogP contribution in [0, 0.1) is 19.8 Å². The molecule has 0 spiro atoms.